The summed E-state index contributed by atoms with van der Waals surface area (Å²) in [6, 6.07) is 2.95. The third kappa shape index (κ3) is 3.45. The molecule has 82 valence electrons. The smallest absolute Gasteiger partial charge is 0.251 e. The zero-order valence-electron chi connectivity index (χ0n) is 7.56. The summed E-state index contributed by atoms with van der Waals surface area (Å²) >= 11 is 21.3. The molecule has 0 saturated carbocycles. The number of amides is 1. The van der Waals surface area contributed by atoms with E-state index in [1.54, 1.807) is 0 Å². The van der Waals surface area contributed by atoms with Gasteiger partial charge in [-0.15, -0.1) is 0 Å². The van der Waals surface area contributed by atoms with Crippen molar-refractivity contribution in [1.82, 2.24) is 5.32 Å². The van der Waals surface area contributed by atoms with Crippen molar-refractivity contribution in [3.8, 4) is 0 Å². The Morgan fingerprint density at radius 3 is 2.27 bits per heavy atom. The van der Waals surface area contributed by atoms with Crippen molar-refractivity contribution in [2.45, 2.75) is 0 Å². The maximum atomic E-state index is 11.5. The highest BCUT2D eigenvalue weighted by Crippen LogP contribution is 2.31. The molecule has 0 spiro atoms. The molecule has 2 nitrogen and oxygen atoms in total. The van der Waals surface area contributed by atoms with Gasteiger partial charge in [-0.1, -0.05) is 34.8 Å². The summed E-state index contributed by atoms with van der Waals surface area (Å²) in [4.78, 5) is 11.5. The lowest BCUT2D eigenvalue weighted by Gasteiger charge is -2.05. The summed E-state index contributed by atoms with van der Waals surface area (Å²) in [7, 11) is 0. The Balaban J connectivity index is 2.91. The van der Waals surface area contributed by atoms with Crippen LogP contribution in [0.4, 0.5) is 0 Å². The maximum absolute atomic E-state index is 11.5. The number of rotatable bonds is 3. The average Bonchev–Trinajstić information content (AvgIpc) is 2.21. The van der Waals surface area contributed by atoms with Crippen LogP contribution in [0.5, 0.6) is 0 Å². The van der Waals surface area contributed by atoms with Crippen LogP contribution in [0.2, 0.25) is 15.1 Å². The molecule has 0 aliphatic heterocycles. The summed E-state index contributed by atoms with van der Waals surface area (Å²) in [6.07, 6.45) is 0. The molecule has 1 rings (SSSR count). The van der Waals surface area contributed by atoms with E-state index in [-0.39, 0.29) is 21.0 Å². The van der Waals surface area contributed by atoms with E-state index in [4.69, 9.17) is 34.8 Å². The predicted octanol–water partition coefficient (Wildman–Crippen LogP) is 3.31. The number of carbonyl (C=O) groups is 1. The Labute approximate surface area is 108 Å². The molecule has 1 amide bonds. The minimum Gasteiger partial charge on any atom is -0.351 e. The second-order valence-corrected chi connectivity index (χ2v) is 4.37. The average molecular weight is 285 g/mol. The van der Waals surface area contributed by atoms with Crippen LogP contribution < -0.4 is 5.32 Å². The molecule has 0 heterocycles. The Hall–Kier alpha value is -0.0900. The van der Waals surface area contributed by atoms with Gasteiger partial charge in [-0.05, 0) is 12.1 Å². The first kappa shape index (κ1) is 13.0. The molecule has 0 aromatic heterocycles. The summed E-state index contributed by atoms with van der Waals surface area (Å²) < 4.78 is 0. The fraction of sp³-hybridized carbons (Fsp3) is 0.222. The second-order valence-electron chi connectivity index (χ2n) is 2.73. The lowest BCUT2D eigenvalue weighted by molar-refractivity contribution is 0.0956. The quantitative estimate of drug-likeness (QED) is 0.647. The van der Waals surface area contributed by atoms with Crippen LogP contribution in [0.25, 0.3) is 0 Å². The number of hydrogen-bond acceptors (Lipinski definition) is 2. The standard InChI is InChI=1S/C9H8Cl3NOS/c10-6-3-5(4-7(11)8(6)12)9(14)13-1-2-15/h3-4,15H,1-2H2,(H,13,14). The minimum absolute atomic E-state index is 0.246. The number of carbonyl (C=O) groups excluding carboxylic acids is 1. The Kier molecular flexibility index (Phi) is 5.06. The van der Waals surface area contributed by atoms with Crippen LogP contribution in [-0.4, -0.2) is 18.2 Å². The molecular formula is C9H8Cl3NOS. The molecule has 1 N–H and O–H groups in total. The van der Waals surface area contributed by atoms with Crippen LogP contribution in [0.15, 0.2) is 12.1 Å². The topological polar surface area (TPSA) is 29.1 Å². The van der Waals surface area contributed by atoms with Gasteiger partial charge in [0.15, 0.2) is 0 Å². The van der Waals surface area contributed by atoms with E-state index in [1.807, 2.05) is 0 Å². The molecule has 6 heteroatoms. The minimum atomic E-state index is -0.246. The summed E-state index contributed by atoms with van der Waals surface area (Å²) in [5.41, 5.74) is 0.385. The first-order valence-corrected chi connectivity index (χ1v) is 5.86. The third-order valence-electron chi connectivity index (χ3n) is 1.64. The van der Waals surface area contributed by atoms with Gasteiger partial charge in [0.05, 0.1) is 15.1 Å². The van der Waals surface area contributed by atoms with Crippen LogP contribution in [0, 0.1) is 0 Å². The molecule has 15 heavy (non-hydrogen) atoms. The highest BCUT2D eigenvalue weighted by molar-refractivity contribution is 7.80. The SMILES string of the molecule is O=C(NCCS)c1cc(Cl)c(Cl)c(Cl)c1. The van der Waals surface area contributed by atoms with Gasteiger partial charge < -0.3 is 5.32 Å². The number of hydrogen-bond donors (Lipinski definition) is 2. The van der Waals surface area contributed by atoms with Gasteiger partial charge in [-0.25, -0.2) is 0 Å². The molecule has 0 saturated heterocycles. The summed E-state index contributed by atoms with van der Waals surface area (Å²) in [5, 5.41) is 3.43. The summed E-state index contributed by atoms with van der Waals surface area (Å²) in [5.74, 6) is 0.324. The fourth-order valence-electron chi connectivity index (χ4n) is 0.958. The molecular weight excluding hydrogens is 277 g/mol. The number of halogens is 3. The second kappa shape index (κ2) is 5.85. The first-order chi connectivity index (χ1) is 7.06. The van der Waals surface area contributed by atoms with Crippen molar-refractivity contribution in [1.29, 1.82) is 0 Å². The zero-order chi connectivity index (χ0) is 11.4. The Bertz CT molecular complexity index is 361. The third-order valence-corrected chi connectivity index (χ3v) is 3.06. The van der Waals surface area contributed by atoms with Gasteiger partial charge in [0, 0.05) is 17.9 Å². The molecule has 1 aromatic carbocycles. The molecule has 0 aliphatic rings. The Morgan fingerprint density at radius 2 is 1.80 bits per heavy atom. The van der Waals surface area contributed by atoms with Crippen LogP contribution in [-0.2, 0) is 0 Å². The van der Waals surface area contributed by atoms with E-state index in [2.05, 4.69) is 17.9 Å². The molecule has 0 bridgehead atoms. The lowest BCUT2D eigenvalue weighted by Crippen LogP contribution is -2.25. The van der Waals surface area contributed by atoms with Gasteiger partial charge >= 0.3 is 0 Å². The van der Waals surface area contributed by atoms with Gasteiger partial charge in [0.1, 0.15) is 0 Å². The van der Waals surface area contributed by atoms with E-state index in [1.165, 1.54) is 12.1 Å². The van der Waals surface area contributed by atoms with Crippen molar-refractivity contribution in [2.24, 2.45) is 0 Å². The molecule has 0 radical (unpaired) electrons. The van der Waals surface area contributed by atoms with Gasteiger partial charge in [0.25, 0.3) is 5.91 Å². The van der Waals surface area contributed by atoms with Crippen molar-refractivity contribution in [3.63, 3.8) is 0 Å². The largest absolute Gasteiger partial charge is 0.351 e. The fourth-order valence-corrected chi connectivity index (χ4v) is 1.67. The van der Waals surface area contributed by atoms with Crippen molar-refractivity contribution in [3.05, 3.63) is 32.8 Å². The number of thiol groups is 1. The number of benzene rings is 1. The van der Waals surface area contributed by atoms with Gasteiger partial charge in [-0.3, -0.25) is 4.79 Å². The van der Waals surface area contributed by atoms with E-state index in [0.717, 1.165) is 0 Å². The van der Waals surface area contributed by atoms with Crippen molar-refractivity contribution in [2.75, 3.05) is 12.3 Å². The van der Waals surface area contributed by atoms with Crippen LogP contribution in [0.1, 0.15) is 10.4 Å². The van der Waals surface area contributed by atoms with E-state index < -0.39 is 0 Å². The predicted molar refractivity (Wildman–Crippen MR) is 67.7 cm³/mol. The Morgan fingerprint density at radius 1 is 1.27 bits per heavy atom. The highest BCUT2D eigenvalue weighted by Gasteiger charge is 2.10. The van der Waals surface area contributed by atoms with Crippen LogP contribution >= 0.6 is 47.4 Å². The van der Waals surface area contributed by atoms with Crippen LogP contribution in [0.3, 0.4) is 0 Å². The molecule has 0 atom stereocenters. The van der Waals surface area contributed by atoms with E-state index in [9.17, 15) is 4.79 Å². The van der Waals surface area contributed by atoms with Crippen molar-refractivity contribution >= 4 is 53.3 Å². The normalized spacial score (nSPS) is 10.1. The molecule has 0 aliphatic carbocycles. The molecule has 1 aromatic rings. The van der Waals surface area contributed by atoms with E-state index >= 15 is 0 Å². The molecule has 0 unspecified atom stereocenters. The van der Waals surface area contributed by atoms with E-state index in [0.29, 0.717) is 17.9 Å². The molecule has 0 fully saturated rings. The first-order valence-electron chi connectivity index (χ1n) is 4.10. The lowest BCUT2D eigenvalue weighted by atomic mass is 10.2. The highest BCUT2D eigenvalue weighted by atomic mass is 35.5. The maximum Gasteiger partial charge on any atom is 0.251 e. The number of nitrogens with one attached hydrogen (secondary N) is 1. The summed E-state index contributed by atoms with van der Waals surface area (Å²) in [6.45, 7) is 0.486. The monoisotopic (exact) mass is 283 g/mol. The van der Waals surface area contributed by atoms with Crippen molar-refractivity contribution < 1.29 is 4.79 Å². The zero-order valence-corrected chi connectivity index (χ0v) is 10.7. The van der Waals surface area contributed by atoms with Gasteiger partial charge in [0.2, 0.25) is 0 Å². The van der Waals surface area contributed by atoms with Gasteiger partial charge in [-0.2, -0.15) is 12.6 Å².